The monoisotopic (exact) mass is 182 g/mol. The third kappa shape index (κ3) is 3.25. The van der Waals surface area contributed by atoms with E-state index in [1.165, 1.54) is 6.20 Å². The van der Waals surface area contributed by atoms with Crippen LogP contribution in [0.1, 0.15) is 24.2 Å². The number of aromatic nitrogens is 2. The molecule has 4 N–H and O–H groups in total. The van der Waals surface area contributed by atoms with E-state index in [4.69, 9.17) is 5.73 Å². The Hall–Kier alpha value is -1.36. The van der Waals surface area contributed by atoms with Crippen molar-refractivity contribution < 1.29 is 4.79 Å². The molecule has 5 heteroatoms. The van der Waals surface area contributed by atoms with Crippen molar-refractivity contribution in [2.45, 2.75) is 19.4 Å². The van der Waals surface area contributed by atoms with Gasteiger partial charge in [0.15, 0.2) is 0 Å². The van der Waals surface area contributed by atoms with Crippen LogP contribution >= 0.6 is 0 Å². The zero-order valence-electron chi connectivity index (χ0n) is 7.79. The fourth-order valence-electron chi connectivity index (χ4n) is 0.785. The number of aromatic amines is 1. The van der Waals surface area contributed by atoms with Crippen LogP contribution in [0.5, 0.6) is 0 Å². The lowest BCUT2D eigenvalue weighted by Crippen LogP contribution is -2.45. The molecule has 1 amide bonds. The summed E-state index contributed by atoms with van der Waals surface area (Å²) in [5.74, 6) is -0.160. The largest absolute Gasteiger partial charge is 0.350 e. The third-order valence-electron chi connectivity index (χ3n) is 1.46. The van der Waals surface area contributed by atoms with Gasteiger partial charge in [-0.3, -0.25) is 9.89 Å². The number of nitrogens with zero attached hydrogens (tertiary/aromatic N) is 1. The van der Waals surface area contributed by atoms with Crippen LogP contribution in [0.25, 0.3) is 0 Å². The van der Waals surface area contributed by atoms with Gasteiger partial charge >= 0.3 is 0 Å². The van der Waals surface area contributed by atoms with Gasteiger partial charge in [-0.05, 0) is 13.8 Å². The average molecular weight is 182 g/mol. The number of nitrogens with one attached hydrogen (secondary N) is 2. The SMILES string of the molecule is CC(C)(N)CNC(=O)c1cn[nH]c1. The fraction of sp³-hybridized carbons (Fsp3) is 0.500. The molecule has 0 fully saturated rings. The lowest BCUT2D eigenvalue weighted by Gasteiger charge is -2.18. The Balaban J connectivity index is 2.44. The molecule has 1 rings (SSSR count). The van der Waals surface area contributed by atoms with Gasteiger partial charge in [0.2, 0.25) is 0 Å². The summed E-state index contributed by atoms with van der Waals surface area (Å²) in [6.45, 7) is 4.14. The molecule has 0 aliphatic carbocycles. The van der Waals surface area contributed by atoms with Crippen molar-refractivity contribution in [2.75, 3.05) is 6.54 Å². The second-order valence-electron chi connectivity index (χ2n) is 3.66. The highest BCUT2D eigenvalue weighted by Gasteiger charge is 2.13. The zero-order valence-corrected chi connectivity index (χ0v) is 7.79. The predicted molar refractivity (Wildman–Crippen MR) is 49.2 cm³/mol. The first-order valence-corrected chi connectivity index (χ1v) is 4.05. The van der Waals surface area contributed by atoms with E-state index in [0.717, 1.165) is 0 Å². The molecule has 13 heavy (non-hydrogen) atoms. The van der Waals surface area contributed by atoms with E-state index in [0.29, 0.717) is 12.1 Å². The van der Waals surface area contributed by atoms with Gasteiger partial charge in [-0.25, -0.2) is 0 Å². The predicted octanol–water partition coefficient (Wildman–Crippen LogP) is -0.123. The van der Waals surface area contributed by atoms with E-state index in [-0.39, 0.29) is 11.4 Å². The standard InChI is InChI=1S/C8H14N4O/c1-8(2,9)5-10-7(13)6-3-11-12-4-6/h3-4H,5,9H2,1-2H3,(H,10,13)(H,11,12). The molecule has 0 aromatic carbocycles. The molecule has 72 valence electrons. The maximum Gasteiger partial charge on any atom is 0.254 e. The maximum atomic E-state index is 11.3. The van der Waals surface area contributed by atoms with E-state index in [2.05, 4.69) is 15.5 Å². The summed E-state index contributed by atoms with van der Waals surface area (Å²) in [4.78, 5) is 11.3. The molecular weight excluding hydrogens is 168 g/mol. The van der Waals surface area contributed by atoms with Crippen LogP contribution in [0.4, 0.5) is 0 Å². The molecule has 0 saturated carbocycles. The molecule has 0 saturated heterocycles. The Kier molecular flexibility index (Phi) is 2.67. The summed E-state index contributed by atoms with van der Waals surface area (Å²) in [7, 11) is 0. The Bertz CT molecular complexity index is 273. The van der Waals surface area contributed by atoms with Gasteiger partial charge in [-0.2, -0.15) is 5.10 Å². The minimum Gasteiger partial charge on any atom is -0.350 e. The maximum absolute atomic E-state index is 11.3. The first-order valence-electron chi connectivity index (χ1n) is 4.05. The van der Waals surface area contributed by atoms with Crippen LogP contribution in [0, 0.1) is 0 Å². The van der Waals surface area contributed by atoms with Gasteiger partial charge in [0.1, 0.15) is 0 Å². The zero-order chi connectivity index (χ0) is 9.90. The summed E-state index contributed by atoms with van der Waals surface area (Å²) < 4.78 is 0. The van der Waals surface area contributed by atoms with Crippen molar-refractivity contribution in [1.29, 1.82) is 0 Å². The molecular formula is C8H14N4O. The molecule has 1 heterocycles. The lowest BCUT2D eigenvalue weighted by atomic mass is 10.1. The highest BCUT2D eigenvalue weighted by molar-refractivity contribution is 5.93. The van der Waals surface area contributed by atoms with E-state index in [9.17, 15) is 4.79 Å². The van der Waals surface area contributed by atoms with Crippen molar-refractivity contribution >= 4 is 5.91 Å². The first-order chi connectivity index (χ1) is 5.99. The van der Waals surface area contributed by atoms with Crippen molar-refractivity contribution in [3.63, 3.8) is 0 Å². The summed E-state index contributed by atoms with van der Waals surface area (Å²) in [6.07, 6.45) is 3.01. The fourth-order valence-corrected chi connectivity index (χ4v) is 0.785. The normalized spacial score (nSPS) is 11.3. The van der Waals surface area contributed by atoms with Crippen LogP contribution in [0.3, 0.4) is 0 Å². The number of rotatable bonds is 3. The minimum atomic E-state index is -0.389. The van der Waals surface area contributed by atoms with E-state index < -0.39 is 0 Å². The van der Waals surface area contributed by atoms with Crippen LogP contribution in [-0.2, 0) is 0 Å². The highest BCUT2D eigenvalue weighted by atomic mass is 16.1. The minimum absolute atomic E-state index is 0.160. The van der Waals surface area contributed by atoms with Gasteiger partial charge in [-0.15, -0.1) is 0 Å². The summed E-state index contributed by atoms with van der Waals surface area (Å²) in [5, 5.41) is 8.94. The van der Waals surface area contributed by atoms with Crippen LogP contribution in [0.15, 0.2) is 12.4 Å². The topological polar surface area (TPSA) is 83.8 Å². The molecule has 5 nitrogen and oxygen atoms in total. The molecule has 0 radical (unpaired) electrons. The van der Waals surface area contributed by atoms with E-state index >= 15 is 0 Å². The number of carbonyl (C=O) groups is 1. The summed E-state index contributed by atoms with van der Waals surface area (Å²) in [6, 6.07) is 0. The van der Waals surface area contributed by atoms with Gasteiger partial charge in [-0.1, -0.05) is 0 Å². The van der Waals surface area contributed by atoms with Crippen molar-refractivity contribution in [1.82, 2.24) is 15.5 Å². The smallest absolute Gasteiger partial charge is 0.254 e. The molecule has 0 unspecified atom stereocenters. The van der Waals surface area contributed by atoms with Crippen LogP contribution < -0.4 is 11.1 Å². The molecule has 0 atom stereocenters. The van der Waals surface area contributed by atoms with Gasteiger partial charge in [0, 0.05) is 18.3 Å². The van der Waals surface area contributed by atoms with Gasteiger partial charge in [0.25, 0.3) is 5.91 Å². The Labute approximate surface area is 76.7 Å². The summed E-state index contributed by atoms with van der Waals surface area (Å²) in [5.41, 5.74) is 5.83. The number of amides is 1. The van der Waals surface area contributed by atoms with Crippen molar-refractivity contribution in [3.8, 4) is 0 Å². The van der Waals surface area contributed by atoms with E-state index in [1.54, 1.807) is 6.20 Å². The Morgan fingerprint density at radius 1 is 1.77 bits per heavy atom. The third-order valence-corrected chi connectivity index (χ3v) is 1.46. The molecule has 0 bridgehead atoms. The Morgan fingerprint density at radius 2 is 2.46 bits per heavy atom. The average Bonchev–Trinajstić information content (AvgIpc) is 2.50. The van der Waals surface area contributed by atoms with Gasteiger partial charge in [0.05, 0.1) is 11.8 Å². The molecule has 0 aliphatic heterocycles. The van der Waals surface area contributed by atoms with Crippen molar-refractivity contribution in [3.05, 3.63) is 18.0 Å². The highest BCUT2D eigenvalue weighted by Crippen LogP contribution is 1.96. The van der Waals surface area contributed by atoms with E-state index in [1.807, 2.05) is 13.8 Å². The Morgan fingerprint density at radius 3 is 2.92 bits per heavy atom. The van der Waals surface area contributed by atoms with Gasteiger partial charge < -0.3 is 11.1 Å². The number of nitrogens with two attached hydrogens (primary N) is 1. The lowest BCUT2D eigenvalue weighted by molar-refractivity contribution is 0.0946. The quantitative estimate of drug-likeness (QED) is 0.609. The summed E-state index contributed by atoms with van der Waals surface area (Å²) >= 11 is 0. The molecule has 0 aliphatic rings. The number of H-pyrrole nitrogens is 1. The number of carbonyl (C=O) groups excluding carboxylic acids is 1. The van der Waals surface area contributed by atoms with Crippen LogP contribution in [0.2, 0.25) is 0 Å². The second-order valence-corrected chi connectivity index (χ2v) is 3.66. The van der Waals surface area contributed by atoms with Crippen LogP contribution in [-0.4, -0.2) is 28.2 Å². The number of hydrogen-bond acceptors (Lipinski definition) is 3. The first kappa shape index (κ1) is 9.73. The molecule has 1 aromatic rings. The number of hydrogen-bond donors (Lipinski definition) is 3. The second kappa shape index (κ2) is 3.57. The molecule has 1 aromatic heterocycles. The molecule has 0 spiro atoms. The van der Waals surface area contributed by atoms with Crippen molar-refractivity contribution in [2.24, 2.45) is 5.73 Å².